The van der Waals surface area contributed by atoms with Gasteiger partial charge in [-0.05, 0) is 26.8 Å². The summed E-state index contributed by atoms with van der Waals surface area (Å²) in [5, 5.41) is -0.0755. The van der Waals surface area contributed by atoms with Crippen LogP contribution in [0.1, 0.15) is 48.0 Å². The van der Waals surface area contributed by atoms with Crippen LogP contribution in [0, 0.1) is 0 Å². The van der Waals surface area contributed by atoms with Crippen molar-refractivity contribution in [1.29, 1.82) is 0 Å². The van der Waals surface area contributed by atoms with Gasteiger partial charge in [0.1, 0.15) is 0 Å². The normalized spacial score (nSPS) is 14.0. The molecule has 0 rings (SSSR count). The molecule has 0 bridgehead atoms. The summed E-state index contributed by atoms with van der Waals surface area (Å²) < 4.78 is -0.139. The number of rotatable bonds is 5. The fourth-order valence-electron chi connectivity index (χ4n) is 1.29. The molecule has 2 nitrogen and oxygen atoms in total. The Balaban J connectivity index is 4.40. The molecular weight excluding hydrogens is 256 g/mol. The highest BCUT2D eigenvalue weighted by Crippen LogP contribution is 2.25. The number of carbonyl (C=O) groups is 2. The topological polar surface area (TPSA) is 34.1 Å². The van der Waals surface area contributed by atoms with Crippen LogP contribution >= 0.6 is 11.8 Å². The van der Waals surface area contributed by atoms with E-state index in [1.54, 1.807) is 6.08 Å². The summed E-state index contributed by atoms with van der Waals surface area (Å²) in [4.78, 5) is 23.3. The van der Waals surface area contributed by atoms with E-state index in [4.69, 9.17) is 0 Å². The van der Waals surface area contributed by atoms with Crippen LogP contribution in [0.2, 0.25) is 0 Å². The maximum absolute atomic E-state index is 11.6. The lowest BCUT2D eigenvalue weighted by Crippen LogP contribution is -2.13. The fraction of sp³-hybridized carbons (Fsp3) is 0.500. The maximum Gasteiger partial charge on any atom is 0.197 e. The fourth-order valence-corrected chi connectivity index (χ4v) is 2.19. The van der Waals surface area contributed by atoms with Crippen molar-refractivity contribution in [3.05, 3.63) is 35.5 Å². The van der Waals surface area contributed by atoms with Crippen LogP contribution in [0.5, 0.6) is 0 Å². The highest BCUT2D eigenvalue weighted by atomic mass is 32.2. The van der Waals surface area contributed by atoms with E-state index in [2.05, 4.69) is 0 Å². The molecule has 0 radical (unpaired) electrons. The largest absolute Gasteiger partial charge is 0.294 e. The molecule has 3 heteroatoms. The summed E-state index contributed by atoms with van der Waals surface area (Å²) in [5.41, 5.74) is 2.15. The predicted molar refractivity (Wildman–Crippen MR) is 84.3 cm³/mol. The highest BCUT2D eigenvalue weighted by Gasteiger charge is 2.18. The predicted octanol–water partition coefficient (Wildman–Crippen LogP) is 4.47. The molecule has 0 spiro atoms. The molecule has 0 fully saturated rings. The zero-order valence-corrected chi connectivity index (χ0v) is 13.6. The summed E-state index contributed by atoms with van der Waals surface area (Å²) in [5.74, 6) is -0.146. The highest BCUT2D eigenvalue weighted by molar-refractivity contribution is 8.14. The lowest BCUT2D eigenvalue weighted by molar-refractivity contribution is -0.120. The minimum absolute atomic E-state index is 0.0334. The SMILES string of the molecule is C/C=C(C)/C=C(C)/C=C/C(=O)CC(=O)SC(C)(C)C. The van der Waals surface area contributed by atoms with Crippen molar-refractivity contribution in [3.63, 3.8) is 0 Å². The number of hydrogen-bond acceptors (Lipinski definition) is 3. The maximum atomic E-state index is 11.6. The van der Waals surface area contributed by atoms with Crippen LogP contribution in [0.15, 0.2) is 35.5 Å². The van der Waals surface area contributed by atoms with Gasteiger partial charge in [0.05, 0.1) is 6.42 Å². The van der Waals surface area contributed by atoms with Gasteiger partial charge in [-0.2, -0.15) is 0 Å². The molecule has 0 saturated carbocycles. The third-order valence-electron chi connectivity index (χ3n) is 2.18. The van der Waals surface area contributed by atoms with Gasteiger partial charge in [0.25, 0.3) is 0 Å². The van der Waals surface area contributed by atoms with Crippen LogP contribution < -0.4 is 0 Å². The third kappa shape index (κ3) is 10.5. The molecule has 0 amide bonds. The van der Waals surface area contributed by atoms with Crippen molar-refractivity contribution >= 4 is 22.7 Å². The Bertz CT molecular complexity index is 421. The summed E-state index contributed by atoms with van der Waals surface area (Å²) in [7, 11) is 0. The molecule has 0 atom stereocenters. The van der Waals surface area contributed by atoms with Crippen LogP contribution in [0.3, 0.4) is 0 Å². The molecule has 0 N–H and O–H groups in total. The molecule has 0 aliphatic carbocycles. The van der Waals surface area contributed by atoms with Gasteiger partial charge in [-0.25, -0.2) is 0 Å². The molecular formula is C16H24O2S. The van der Waals surface area contributed by atoms with Gasteiger partial charge in [-0.1, -0.05) is 61.9 Å². The number of ketones is 1. The summed E-state index contributed by atoms with van der Waals surface area (Å²) in [6, 6.07) is 0. The van der Waals surface area contributed by atoms with Crippen molar-refractivity contribution in [2.45, 2.75) is 52.7 Å². The zero-order valence-electron chi connectivity index (χ0n) is 12.7. The average molecular weight is 280 g/mol. The van der Waals surface area contributed by atoms with Crippen LogP contribution in [-0.2, 0) is 9.59 Å². The van der Waals surface area contributed by atoms with E-state index in [1.165, 1.54) is 17.8 Å². The summed E-state index contributed by atoms with van der Waals surface area (Å²) in [6.07, 6.45) is 7.20. The van der Waals surface area contributed by atoms with Crippen molar-refractivity contribution in [1.82, 2.24) is 0 Å². The van der Waals surface area contributed by atoms with Crippen molar-refractivity contribution in [2.75, 3.05) is 0 Å². The third-order valence-corrected chi connectivity index (χ3v) is 3.17. The first-order chi connectivity index (χ1) is 8.64. The second-order valence-corrected chi connectivity index (χ2v) is 7.37. The Morgan fingerprint density at radius 2 is 1.63 bits per heavy atom. The Hall–Kier alpha value is -1.09. The Morgan fingerprint density at radius 3 is 2.11 bits per heavy atom. The van der Waals surface area contributed by atoms with E-state index in [0.29, 0.717) is 0 Å². The van der Waals surface area contributed by atoms with Crippen LogP contribution in [-0.4, -0.2) is 15.6 Å². The van der Waals surface area contributed by atoms with Crippen molar-refractivity contribution in [2.24, 2.45) is 0 Å². The van der Waals surface area contributed by atoms with Gasteiger partial charge in [0.2, 0.25) is 0 Å². The van der Waals surface area contributed by atoms with Gasteiger partial charge in [0.15, 0.2) is 10.9 Å². The standard InChI is InChI=1S/C16H24O2S/c1-7-12(2)10-13(3)8-9-14(17)11-15(18)19-16(4,5)6/h7-10H,11H2,1-6H3/b9-8+,12-7+,13-10+. The Labute approximate surface area is 121 Å². The van der Waals surface area contributed by atoms with E-state index in [1.807, 2.05) is 53.7 Å². The number of carbonyl (C=O) groups excluding carboxylic acids is 2. The van der Waals surface area contributed by atoms with E-state index in [-0.39, 0.29) is 22.1 Å². The first-order valence-corrected chi connectivity index (χ1v) is 7.19. The molecule has 0 saturated heterocycles. The quantitative estimate of drug-likeness (QED) is 0.423. The summed E-state index contributed by atoms with van der Waals surface area (Å²) >= 11 is 1.22. The van der Waals surface area contributed by atoms with Crippen LogP contribution in [0.25, 0.3) is 0 Å². The minimum Gasteiger partial charge on any atom is -0.294 e. The van der Waals surface area contributed by atoms with Crippen LogP contribution in [0.4, 0.5) is 0 Å². The molecule has 0 heterocycles. The second kappa shape index (κ2) is 8.16. The first kappa shape index (κ1) is 17.9. The number of thioether (sulfide) groups is 1. The van der Waals surface area contributed by atoms with E-state index < -0.39 is 0 Å². The molecule has 0 unspecified atom stereocenters. The molecule has 106 valence electrons. The molecule has 0 aromatic heterocycles. The smallest absolute Gasteiger partial charge is 0.197 e. The van der Waals surface area contributed by atoms with Gasteiger partial charge in [-0.3, -0.25) is 9.59 Å². The molecule has 0 aromatic carbocycles. The lowest BCUT2D eigenvalue weighted by atomic mass is 10.1. The summed E-state index contributed by atoms with van der Waals surface area (Å²) in [6.45, 7) is 11.8. The van der Waals surface area contributed by atoms with Crippen molar-refractivity contribution < 1.29 is 9.59 Å². The number of allylic oxidation sites excluding steroid dienone is 6. The first-order valence-electron chi connectivity index (χ1n) is 6.38. The molecule has 0 aliphatic heterocycles. The van der Waals surface area contributed by atoms with E-state index >= 15 is 0 Å². The zero-order chi connectivity index (χ0) is 15.1. The Kier molecular flexibility index (Phi) is 7.69. The van der Waals surface area contributed by atoms with Crippen molar-refractivity contribution in [3.8, 4) is 0 Å². The second-order valence-electron chi connectivity index (χ2n) is 5.48. The van der Waals surface area contributed by atoms with Gasteiger partial charge < -0.3 is 0 Å². The average Bonchev–Trinajstić information content (AvgIpc) is 2.23. The van der Waals surface area contributed by atoms with Gasteiger partial charge in [-0.15, -0.1) is 0 Å². The number of hydrogen-bond donors (Lipinski definition) is 0. The lowest BCUT2D eigenvalue weighted by Gasteiger charge is -2.15. The molecule has 19 heavy (non-hydrogen) atoms. The van der Waals surface area contributed by atoms with E-state index in [0.717, 1.165) is 11.1 Å². The molecule has 0 aliphatic rings. The van der Waals surface area contributed by atoms with Gasteiger partial charge in [0, 0.05) is 4.75 Å². The minimum atomic E-state index is -0.146. The monoisotopic (exact) mass is 280 g/mol. The van der Waals surface area contributed by atoms with Gasteiger partial charge >= 0.3 is 0 Å². The van der Waals surface area contributed by atoms with E-state index in [9.17, 15) is 9.59 Å². The molecule has 0 aromatic rings. The Morgan fingerprint density at radius 1 is 1.05 bits per heavy atom.